The second-order valence-corrected chi connectivity index (χ2v) is 5.79. The molecule has 148 valence electrons. The molecule has 3 aromatic rings. The summed E-state index contributed by atoms with van der Waals surface area (Å²) in [6.07, 6.45) is 0. The minimum Gasteiger partial charge on any atom is -0.477 e. The first-order valence-electron chi connectivity index (χ1n) is 7.91. The number of aryl methyl sites for hydroxylation is 1. The van der Waals surface area contributed by atoms with Crippen LogP contribution in [0, 0.1) is 37.3 Å². The summed E-state index contributed by atoms with van der Waals surface area (Å²) in [6, 6.07) is 15.6. The second kappa shape index (κ2) is 8.52. The molecule has 0 aliphatic carbocycles. The van der Waals surface area contributed by atoms with E-state index in [0.717, 1.165) is 0 Å². The van der Waals surface area contributed by atoms with Crippen molar-refractivity contribution in [2.45, 2.75) is 6.92 Å². The highest BCUT2D eigenvalue weighted by Crippen LogP contribution is 2.33. The van der Waals surface area contributed by atoms with Gasteiger partial charge in [-0.05, 0) is 17.7 Å². The lowest BCUT2D eigenvalue weighted by Gasteiger charge is -2.00. The van der Waals surface area contributed by atoms with Crippen LogP contribution in [0.25, 0.3) is 10.8 Å². The Morgan fingerprint density at radius 2 is 1.31 bits per heavy atom. The number of aromatic carboxylic acids is 1. The first-order chi connectivity index (χ1) is 13.6. The summed E-state index contributed by atoms with van der Waals surface area (Å²) in [6.45, 7) is 2.12. The maximum atomic E-state index is 10.8. The van der Waals surface area contributed by atoms with E-state index < -0.39 is 43.4 Å². The Hall–Kier alpha value is -4.41. The van der Waals surface area contributed by atoms with E-state index in [1.165, 1.54) is 16.3 Å². The fourth-order valence-electron chi connectivity index (χ4n) is 2.52. The summed E-state index contributed by atoms with van der Waals surface area (Å²) >= 11 is 0. The summed E-state index contributed by atoms with van der Waals surface area (Å²) in [7, 11) is 0. The Morgan fingerprint density at radius 3 is 1.76 bits per heavy atom. The molecular formula is C18H13N3O8. The molecule has 0 bridgehead atoms. The van der Waals surface area contributed by atoms with Crippen molar-refractivity contribution in [1.29, 1.82) is 0 Å². The van der Waals surface area contributed by atoms with E-state index >= 15 is 0 Å². The predicted octanol–water partition coefficient (Wildman–Crippen LogP) is 4.26. The molecule has 0 spiro atoms. The Kier molecular flexibility index (Phi) is 6.14. The number of benzene rings is 3. The number of rotatable bonds is 4. The van der Waals surface area contributed by atoms with Gasteiger partial charge in [0, 0.05) is 0 Å². The maximum absolute atomic E-state index is 10.8. The van der Waals surface area contributed by atoms with Crippen molar-refractivity contribution < 1.29 is 24.7 Å². The lowest BCUT2D eigenvalue weighted by molar-refractivity contribution is -0.403. The molecule has 0 saturated heterocycles. The molecule has 0 atom stereocenters. The highest BCUT2D eigenvalue weighted by atomic mass is 16.6. The van der Waals surface area contributed by atoms with Gasteiger partial charge in [-0.1, -0.05) is 48.0 Å². The van der Waals surface area contributed by atoms with Gasteiger partial charge in [-0.3, -0.25) is 30.3 Å². The van der Waals surface area contributed by atoms with Crippen LogP contribution >= 0.6 is 0 Å². The third kappa shape index (κ3) is 4.86. The van der Waals surface area contributed by atoms with E-state index in [1.807, 2.05) is 0 Å². The van der Waals surface area contributed by atoms with Gasteiger partial charge in [-0.25, -0.2) is 4.79 Å². The number of carbonyl (C=O) groups is 1. The second-order valence-electron chi connectivity index (χ2n) is 5.79. The molecule has 0 heterocycles. The summed E-state index contributed by atoms with van der Waals surface area (Å²) in [5.41, 5.74) is -3.22. The molecule has 0 unspecified atom stereocenters. The molecular weight excluding hydrogens is 386 g/mol. The van der Waals surface area contributed by atoms with Crippen LogP contribution in [0.2, 0.25) is 0 Å². The molecule has 0 radical (unpaired) electrons. The topological polar surface area (TPSA) is 167 Å². The number of non-ortho nitro benzene ring substituents is 1. The van der Waals surface area contributed by atoms with Crippen molar-refractivity contribution in [1.82, 2.24) is 0 Å². The third-order valence-corrected chi connectivity index (χ3v) is 3.80. The van der Waals surface area contributed by atoms with Gasteiger partial charge in [-0.15, -0.1) is 0 Å². The number of nitro benzene ring substituents is 3. The summed E-state index contributed by atoms with van der Waals surface area (Å²) in [5.74, 6) is -1.91. The summed E-state index contributed by atoms with van der Waals surface area (Å²) in [5, 5.41) is 42.9. The van der Waals surface area contributed by atoms with Gasteiger partial charge in [0.2, 0.25) is 5.56 Å². The third-order valence-electron chi connectivity index (χ3n) is 3.80. The standard InChI is InChI=1S/C11H10.C7H3N3O8/c1-9-6-7-10-4-2-3-5-11(10)8-9;11-7(12)6-4(9(15)16)1-3(8(13)14)2-5(6)10(17)18/h2-8H,1H3;1-2H,(H,11,12). The van der Waals surface area contributed by atoms with E-state index in [2.05, 4.69) is 49.4 Å². The van der Waals surface area contributed by atoms with E-state index in [4.69, 9.17) is 5.11 Å². The van der Waals surface area contributed by atoms with Crippen LogP contribution in [-0.2, 0) is 0 Å². The predicted molar refractivity (Wildman–Crippen MR) is 102 cm³/mol. The summed E-state index contributed by atoms with van der Waals surface area (Å²) in [4.78, 5) is 38.8. The van der Waals surface area contributed by atoms with Gasteiger partial charge < -0.3 is 5.11 Å². The van der Waals surface area contributed by atoms with Gasteiger partial charge in [0.1, 0.15) is 0 Å². The van der Waals surface area contributed by atoms with Crippen LogP contribution in [0.4, 0.5) is 17.1 Å². The van der Waals surface area contributed by atoms with Gasteiger partial charge in [-0.2, -0.15) is 0 Å². The van der Waals surface area contributed by atoms with E-state index in [9.17, 15) is 35.1 Å². The highest BCUT2D eigenvalue weighted by molar-refractivity contribution is 5.97. The fourth-order valence-corrected chi connectivity index (χ4v) is 2.52. The number of carboxylic acid groups (broad SMARTS) is 1. The largest absolute Gasteiger partial charge is 0.477 e. The number of hydrogen-bond donors (Lipinski definition) is 1. The molecule has 0 aliphatic heterocycles. The fraction of sp³-hybridized carbons (Fsp3) is 0.0556. The van der Waals surface area contributed by atoms with Crippen LogP contribution in [-0.4, -0.2) is 25.8 Å². The van der Waals surface area contributed by atoms with Crippen molar-refractivity contribution in [2.75, 3.05) is 0 Å². The van der Waals surface area contributed by atoms with Crippen LogP contribution < -0.4 is 0 Å². The average Bonchev–Trinajstić information content (AvgIpc) is 2.66. The monoisotopic (exact) mass is 399 g/mol. The molecule has 29 heavy (non-hydrogen) atoms. The molecule has 11 heteroatoms. The van der Waals surface area contributed by atoms with Crippen LogP contribution in [0.15, 0.2) is 54.6 Å². The van der Waals surface area contributed by atoms with Gasteiger partial charge in [0.25, 0.3) is 17.1 Å². The molecule has 0 aliphatic rings. The van der Waals surface area contributed by atoms with Crippen LogP contribution in [0.3, 0.4) is 0 Å². The molecule has 0 amide bonds. The Balaban J connectivity index is 0.000000230. The van der Waals surface area contributed by atoms with Crippen molar-refractivity contribution in [3.8, 4) is 0 Å². The zero-order valence-corrected chi connectivity index (χ0v) is 14.8. The Labute approximate surface area is 162 Å². The molecule has 0 saturated carbocycles. The smallest absolute Gasteiger partial charge is 0.349 e. The molecule has 1 N–H and O–H groups in total. The minimum atomic E-state index is -1.91. The average molecular weight is 399 g/mol. The molecule has 0 aromatic heterocycles. The van der Waals surface area contributed by atoms with Crippen LogP contribution in [0.1, 0.15) is 15.9 Å². The van der Waals surface area contributed by atoms with Gasteiger partial charge >= 0.3 is 5.97 Å². The number of nitrogens with zero attached hydrogens (tertiary/aromatic N) is 3. The van der Waals surface area contributed by atoms with E-state index in [1.54, 1.807) is 0 Å². The normalized spacial score (nSPS) is 9.97. The maximum Gasteiger partial charge on any atom is 0.349 e. The first-order valence-corrected chi connectivity index (χ1v) is 7.91. The Bertz CT molecular complexity index is 1110. The molecule has 3 rings (SSSR count). The van der Waals surface area contributed by atoms with Gasteiger partial charge in [0.05, 0.1) is 26.9 Å². The zero-order chi connectivity index (χ0) is 21.7. The quantitative estimate of drug-likeness (QED) is 0.501. The van der Waals surface area contributed by atoms with Crippen molar-refractivity contribution in [3.05, 3.63) is 96.1 Å². The zero-order valence-electron chi connectivity index (χ0n) is 14.8. The number of fused-ring (bicyclic) bond motifs is 1. The molecule has 0 fully saturated rings. The van der Waals surface area contributed by atoms with E-state index in [0.29, 0.717) is 12.1 Å². The van der Waals surface area contributed by atoms with Crippen molar-refractivity contribution in [2.24, 2.45) is 0 Å². The summed E-state index contributed by atoms with van der Waals surface area (Å²) < 4.78 is 0. The van der Waals surface area contributed by atoms with Gasteiger partial charge in [0.15, 0.2) is 0 Å². The van der Waals surface area contributed by atoms with Crippen molar-refractivity contribution in [3.63, 3.8) is 0 Å². The minimum absolute atomic E-state index is 0.358. The number of hydrogen-bond acceptors (Lipinski definition) is 7. The van der Waals surface area contributed by atoms with Crippen LogP contribution in [0.5, 0.6) is 0 Å². The lowest BCUT2D eigenvalue weighted by atomic mass is 10.1. The SMILES string of the molecule is Cc1ccc2ccccc2c1.O=C(O)c1c([N+](=O)[O-])cc([N+](=O)[O-])cc1[N+](=O)[O-]. The van der Waals surface area contributed by atoms with Crippen molar-refractivity contribution >= 4 is 33.8 Å². The highest BCUT2D eigenvalue weighted by Gasteiger charge is 2.34. The number of nitro groups is 3. The lowest BCUT2D eigenvalue weighted by Crippen LogP contribution is -2.08. The van der Waals surface area contributed by atoms with E-state index in [-0.39, 0.29) is 0 Å². The molecule has 3 aromatic carbocycles. The first kappa shape index (κ1) is 20.9. The molecule has 11 nitrogen and oxygen atoms in total. The Morgan fingerprint density at radius 1 is 0.793 bits per heavy atom. The number of carboxylic acids is 1.